The predicted molar refractivity (Wildman–Crippen MR) is 167 cm³/mol. The number of nitrogens with one attached hydrogen (secondary N) is 2. The quantitative estimate of drug-likeness (QED) is 0.344. The summed E-state index contributed by atoms with van der Waals surface area (Å²) in [7, 11) is 0. The van der Waals surface area contributed by atoms with Gasteiger partial charge in [-0.3, -0.25) is 9.59 Å². The second kappa shape index (κ2) is 9.87. The molecule has 0 aromatic rings. The second-order valence-corrected chi connectivity index (χ2v) is 15.7. The number of carbonyl (C=O) groups is 2. The van der Waals surface area contributed by atoms with Crippen LogP contribution in [0.3, 0.4) is 0 Å². The zero-order chi connectivity index (χ0) is 35.6. The van der Waals surface area contributed by atoms with Gasteiger partial charge in [0.05, 0.1) is 0 Å². The second-order valence-electron chi connectivity index (χ2n) is 15.7. The normalized spacial score (nSPS) is 43.1. The molecule has 2 amide bonds. The van der Waals surface area contributed by atoms with Crippen molar-refractivity contribution in [2.24, 2.45) is 63.1 Å². The third-order valence-corrected chi connectivity index (χ3v) is 13.8. The molecule has 3 saturated carbocycles. The minimum Gasteiger partial charge on any atom is -0.350 e. The molecule has 40 heavy (non-hydrogen) atoms. The first-order chi connectivity index (χ1) is 20.6. The molecule has 0 radical (unpaired) electrons. The van der Waals surface area contributed by atoms with Gasteiger partial charge in [-0.25, -0.2) is 0 Å². The minimum atomic E-state index is -2.96. The van der Waals surface area contributed by atoms with Crippen molar-refractivity contribution in [3.8, 4) is 0 Å². The van der Waals surface area contributed by atoms with Gasteiger partial charge >= 0.3 is 0 Å². The van der Waals surface area contributed by atoms with Gasteiger partial charge in [-0.2, -0.15) is 0 Å². The number of hydrogen-bond donors (Lipinski definition) is 2. The molecule has 4 aliphatic rings. The Morgan fingerprint density at radius 3 is 2.20 bits per heavy atom. The summed E-state index contributed by atoms with van der Waals surface area (Å²) >= 11 is 0. The molecular weight excluding hydrogens is 492 g/mol. The number of amides is 2. The lowest BCUT2D eigenvalue weighted by Gasteiger charge is -2.75. The van der Waals surface area contributed by atoms with Gasteiger partial charge < -0.3 is 10.6 Å². The van der Waals surface area contributed by atoms with Crippen LogP contribution in [0.5, 0.6) is 0 Å². The van der Waals surface area contributed by atoms with Gasteiger partial charge in [-0.15, -0.1) is 0 Å². The van der Waals surface area contributed by atoms with Crippen LogP contribution in [0.25, 0.3) is 0 Å². The van der Waals surface area contributed by atoms with Gasteiger partial charge in [0, 0.05) is 36.7 Å². The highest BCUT2D eigenvalue weighted by Crippen LogP contribution is 2.79. The molecule has 8 atom stereocenters. The molecule has 4 rings (SSSR count). The van der Waals surface area contributed by atoms with Crippen LogP contribution in [0.1, 0.15) is 137 Å². The number of carbonyl (C=O) groups excluding carboxylic acids is 2. The van der Waals surface area contributed by atoms with E-state index in [0.29, 0.717) is 6.42 Å². The molecule has 1 heterocycles. The highest BCUT2D eigenvalue weighted by molar-refractivity contribution is 5.95. The summed E-state index contributed by atoms with van der Waals surface area (Å²) in [6, 6.07) is 0.0399. The van der Waals surface area contributed by atoms with Crippen LogP contribution in [-0.2, 0) is 9.59 Å². The zero-order valence-electron chi connectivity index (χ0n) is 33.7. The van der Waals surface area contributed by atoms with Crippen LogP contribution < -0.4 is 10.6 Å². The molecule has 0 bridgehead atoms. The van der Waals surface area contributed by atoms with Crippen LogP contribution in [0.2, 0.25) is 0 Å². The Hall–Kier alpha value is -1.32. The number of fused-ring (bicyclic) bond motifs is 5. The molecule has 0 spiro atoms. The van der Waals surface area contributed by atoms with Crippen LogP contribution >= 0.6 is 0 Å². The van der Waals surface area contributed by atoms with Crippen molar-refractivity contribution in [3.63, 3.8) is 0 Å². The van der Waals surface area contributed by atoms with E-state index in [1.807, 2.05) is 6.92 Å². The predicted octanol–water partition coefficient (Wildman–Crippen LogP) is 8.17. The molecule has 0 aromatic carbocycles. The highest BCUT2D eigenvalue weighted by atomic mass is 16.2. The standard InChI is InChI=1S/C36H62N2O2/c1-15-34(14,20(2)3)38-31(40)27-18-17-26-25-16-19-28-35(21(4)5,24(9)23(8)30(39)37-28)29(25)32(10,11)33(12,13)36(26,27)22(6)7/h20-22,25-29H,15-19H2,1-14H3,(H,37,39)(H,38,40)/t25-,26-,27+,28+,29+,34?,35-,36-/m0/s1/i14D3,15D2,20D. The van der Waals surface area contributed by atoms with Crippen LogP contribution in [0.4, 0.5) is 0 Å². The highest BCUT2D eigenvalue weighted by Gasteiger charge is 2.76. The van der Waals surface area contributed by atoms with Crippen molar-refractivity contribution in [1.82, 2.24) is 10.6 Å². The van der Waals surface area contributed by atoms with E-state index >= 15 is 0 Å². The third kappa shape index (κ3) is 3.68. The van der Waals surface area contributed by atoms with Gasteiger partial charge in [0.25, 0.3) is 0 Å². The molecule has 2 N–H and O–H groups in total. The third-order valence-electron chi connectivity index (χ3n) is 13.8. The Kier molecular flexibility index (Phi) is 5.96. The van der Waals surface area contributed by atoms with Gasteiger partial charge in [0.15, 0.2) is 0 Å². The number of hydrogen-bond acceptors (Lipinski definition) is 2. The Morgan fingerprint density at radius 1 is 1.07 bits per heavy atom. The molecule has 3 fully saturated rings. The zero-order valence-corrected chi connectivity index (χ0v) is 27.7. The van der Waals surface area contributed by atoms with Crippen molar-refractivity contribution in [1.29, 1.82) is 0 Å². The van der Waals surface area contributed by atoms with E-state index in [0.717, 1.165) is 24.8 Å². The molecule has 4 heteroatoms. The van der Waals surface area contributed by atoms with Crippen LogP contribution in [0.15, 0.2) is 11.1 Å². The average molecular weight is 561 g/mol. The molecule has 0 aromatic heterocycles. The van der Waals surface area contributed by atoms with Crippen molar-refractivity contribution in [2.75, 3.05) is 0 Å². The first-order valence-corrected chi connectivity index (χ1v) is 15.9. The molecule has 228 valence electrons. The summed E-state index contributed by atoms with van der Waals surface area (Å²) < 4.78 is 51.9. The Bertz CT molecular complexity index is 1250. The maximum absolute atomic E-state index is 14.9. The lowest BCUT2D eigenvalue weighted by molar-refractivity contribution is -0.256. The summed E-state index contributed by atoms with van der Waals surface area (Å²) in [5.74, 6) is -1.73. The van der Waals surface area contributed by atoms with Gasteiger partial charge in [-0.05, 0) is 104 Å². The Balaban J connectivity index is 1.96. The summed E-state index contributed by atoms with van der Waals surface area (Å²) in [5.41, 5.74) is -1.87. The summed E-state index contributed by atoms with van der Waals surface area (Å²) in [6.45, 7) is 23.5. The smallest absolute Gasteiger partial charge is 0.247 e. The van der Waals surface area contributed by atoms with Crippen molar-refractivity contribution < 1.29 is 17.8 Å². The molecular formula is C36H62N2O2. The fourth-order valence-corrected chi connectivity index (χ4v) is 11.6. The van der Waals surface area contributed by atoms with E-state index in [1.54, 1.807) is 0 Å². The minimum absolute atomic E-state index is 0.0325. The van der Waals surface area contributed by atoms with E-state index < -0.39 is 47.3 Å². The summed E-state index contributed by atoms with van der Waals surface area (Å²) in [5, 5.41) is 6.25. The summed E-state index contributed by atoms with van der Waals surface area (Å²) in [4.78, 5) is 28.0. The SMILES string of the molecule is [2H]C([2H])([2H])C(NC(=O)[C@H]1CC[C@H]2[C@@H]3CC[C@H]4NC(=O)C(C)=C(C)[C@]4(C(C)C)[C@H]3C(C)(C)C(C)(C)[C@]12C(C)C)(C([2H])([2H])C)C([2H])(C)C. The van der Waals surface area contributed by atoms with E-state index in [9.17, 15) is 9.59 Å². The molecule has 1 aliphatic heterocycles. The van der Waals surface area contributed by atoms with Crippen molar-refractivity contribution >= 4 is 11.8 Å². The molecule has 4 nitrogen and oxygen atoms in total. The summed E-state index contributed by atoms with van der Waals surface area (Å²) in [6.07, 6.45) is 0.832. The molecule has 1 unspecified atom stereocenters. The first-order valence-electron chi connectivity index (χ1n) is 18.9. The van der Waals surface area contributed by atoms with Gasteiger partial charge in [0.1, 0.15) is 0 Å². The fourth-order valence-electron chi connectivity index (χ4n) is 11.6. The topological polar surface area (TPSA) is 58.2 Å². The van der Waals surface area contributed by atoms with Gasteiger partial charge in [-0.1, -0.05) is 81.7 Å². The van der Waals surface area contributed by atoms with Crippen LogP contribution in [-0.4, -0.2) is 23.4 Å². The molecule has 0 saturated heterocycles. The van der Waals surface area contributed by atoms with E-state index in [2.05, 4.69) is 72.9 Å². The fraction of sp³-hybridized carbons (Fsp3) is 0.889. The van der Waals surface area contributed by atoms with E-state index in [-0.39, 0.29) is 52.4 Å². The average Bonchev–Trinajstić information content (AvgIpc) is 3.29. The first kappa shape index (κ1) is 24.2. The molecule has 3 aliphatic carbocycles. The lowest BCUT2D eigenvalue weighted by Crippen LogP contribution is -2.74. The monoisotopic (exact) mass is 561 g/mol. The lowest BCUT2D eigenvalue weighted by atomic mass is 9.30. The van der Waals surface area contributed by atoms with E-state index in [4.69, 9.17) is 8.22 Å². The maximum atomic E-state index is 14.9. The largest absolute Gasteiger partial charge is 0.350 e. The number of rotatable bonds is 6. The van der Waals surface area contributed by atoms with Crippen molar-refractivity contribution in [3.05, 3.63) is 11.1 Å². The van der Waals surface area contributed by atoms with Gasteiger partial charge in [0.2, 0.25) is 11.8 Å². The van der Waals surface area contributed by atoms with E-state index in [1.165, 1.54) is 26.3 Å². The van der Waals surface area contributed by atoms with Crippen LogP contribution in [0, 0.1) is 63.1 Å². The maximum Gasteiger partial charge on any atom is 0.247 e. The Labute approximate surface area is 255 Å². The van der Waals surface area contributed by atoms with Crippen molar-refractivity contribution in [2.45, 2.75) is 140 Å². The Morgan fingerprint density at radius 2 is 1.70 bits per heavy atom.